The smallest absolute Gasteiger partial charge is 0.108 e. The molecule has 15 heavy (non-hydrogen) atoms. The van der Waals surface area contributed by atoms with E-state index in [4.69, 9.17) is 0 Å². The summed E-state index contributed by atoms with van der Waals surface area (Å²) in [5.74, 6) is 1.84. The number of rotatable bonds is 6. The van der Waals surface area contributed by atoms with Crippen LogP contribution in [-0.2, 0) is 6.42 Å². The van der Waals surface area contributed by atoms with Crippen LogP contribution in [0, 0.1) is 5.92 Å². The van der Waals surface area contributed by atoms with Gasteiger partial charge in [-0.1, -0.05) is 13.8 Å². The molecule has 1 heterocycles. The molecule has 2 atom stereocenters. The van der Waals surface area contributed by atoms with E-state index in [-0.39, 0.29) is 0 Å². The van der Waals surface area contributed by atoms with Crippen LogP contribution in [-0.4, -0.2) is 23.1 Å². The fourth-order valence-corrected chi connectivity index (χ4v) is 1.90. The zero-order valence-corrected chi connectivity index (χ0v) is 10.3. The highest BCUT2D eigenvalue weighted by molar-refractivity contribution is 4.95. The standard InChI is InChI=1S/C12H23N3/c1-5-6-12-14-7-8-15(12)11(3)10(2)9-13-4/h7-8,10-11,13H,5-6,9H2,1-4H3. The van der Waals surface area contributed by atoms with Gasteiger partial charge in [0.25, 0.3) is 0 Å². The van der Waals surface area contributed by atoms with Gasteiger partial charge in [0.05, 0.1) is 0 Å². The lowest BCUT2D eigenvalue weighted by molar-refractivity contribution is 0.361. The van der Waals surface area contributed by atoms with Crippen molar-refractivity contribution < 1.29 is 0 Å². The van der Waals surface area contributed by atoms with Gasteiger partial charge in [-0.2, -0.15) is 0 Å². The maximum atomic E-state index is 4.41. The van der Waals surface area contributed by atoms with Crippen LogP contribution in [0.3, 0.4) is 0 Å². The Balaban J connectivity index is 2.71. The third kappa shape index (κ3) is 3.06. The summed E-state index contributed by atoms with van der Waals surface area (Å²) in [5.41, 5.74) is 0. The number of nitrogens with zero attached hydrogens (tertiary/aromatic N) is 2. The van der Waals surface area contributed by atoms with Crippen LogP contribution in [0.5, 0.6) is 0 Å². The highest BCUT2D eigenvalue weighted by Crippen LogP contribution is 2.19. The average Bonchev–Trinajstić information content (AvgIpc) is 2.66. The first-order valence-corrected chi connectivity index (χ1v) is 5.87. The summed E-state index contributed by atoms with van der Waals surface area (Å²) in [7, 11) is 2.00. The first-order valence-electron chi connectivity index (χ1n) is 5.87. The van der Waals surface area contributed by atoms with Crippen molar-refractivity contribution in [3.63, 3.8) is 0 Å². The number of aryl methyl sites for hydroxylation is 1. The maximum absolute atomic E-state index is 4.41. The molecule has 0 aliphatic carbocycles. The molecule has 1 aromatic rings. The Morgan fingerprint density at radius 2 is 2.20 bits per heavy atom. The molecular weight excluding hydrogens is 186 g/mol. The normalized spacial score (nSPS) is 15.2. The van der Waals surface area contributed by atoms with Gasteiger partial charge in [0.2, 0.25) is 0 Å². The average molecular weight is 209 g/mol. The second kappa shape index (κ2) is 5.91. The summed E-state index contributed by atoms with van der Waals surface area (Å²) in [5, 5.41) is 3.23. The Morgan fingerprint density at radius 1 is 1.47 bits per heavy atom. The van der Waals surface area contributed by atoms with Crippen LogP contribution in [0.4, 0.5) is 0 Å². The lowest BCUT2D eigenvalue weighted by Gasteiger charge is -2.23. The highest BCUT2D eigenvalue weighted by atomic mass is 15.1. The van der Waals surface area contributed by atoms with E-state index in [1.54, 1.807) is 0 Å². The van der Waals surface area contributed by atoms with Crippen LogP contribution >= 0.6 is 0 Å². The zero-order chi connectivity index (χ0) is 11.3. The Hall–Kier alpha value is -0.830. The second-order valence-corrected chi connectivity index (χ2v) is 4.28. The SMILES string of the molecule is CCCc1nccn1C(C)C(C)CNC. The molecule has 0 spiro atoms. The van der Waals surface area contributed by atoms with Crippen LogP contribution in [0.2, 0.25) is 0 Å². The molecule has 0 aromatic carbocycles. The molecule has 0 saturated heterocycles. The molecule has 1 rings (SSSR count). The second-order valence-electron chi connectivity index (χ2n) is 4.28. The van der Waals surface area contributed by atoms with Gasteiger partial charge in [-0.05, 0) is 32.9 Å². The minimum Gasteiger partial charge on any atom is -0.332 e. The van der Waals surface area contributed by atoms with Crippen molar-refractivity contribution >= 4 is 0 Å². The van der Waals surface area contributed by atoms with Gasteiger partial charge in [0, 0.05) is 24.9 Å². The van der Waals surface area contributed by atoms with E-state index in [1.807, 2.05) is 13.2 Å². The van der Waals surface area contributed by atoms with E-state index in [0.717, 1.165) is 19.4 Å². The molecule has 3 heteroatoms. The molecule has 0 amide bonds. The van der Waals surface area contributed by atoms with Gasteiger partial charge in [-0.15, -0.1) is 0 Å². The van der Waals surface area contributed by atoms with Crippen molar-refractivity contribution in [1.82, 2.24) is 14.9 Å². The van der Waals surface area contributed by atoms with E-state index >= 15 is 0 Å². The van der Waals surface area contributed by atoms with E-state index < -0.39 is 0 Å². The summed E-state index contributed by atoms with van der Waals surface area (Å²) in [4.78, 5) is 4.41. The quantitative estimate of drug-likeness (QED) is 0.779. The van der Waals surface area contributed by atoms with Crippen LogP contribution < -0.4 is 5.32 Å². The van der Waals surface area contributed by atoms with E-state index in [0.29, 0.717) is 12.0 Å². The topological polar surface area (TPSA) is 29.9 Å². The number of nitrogens with one attached hydrogen (secondary N) is 1. The van der Waals surface area contributed by atoms with Gasteiger partial charge in [-0.3, -0.25) is 0 Å². The molecule has 0 aliphatic rings. The van der Waals surface area contributed by atoms with Crippen molar-refractivity contribution in [2.24, 2.45) is 5.92 Å². The molecular formula is C12H23N3. The van der Waals surface area contributed by atoms with E-state index in [9.17, 15) is 0 Å². The van der Waals surface area contributed by atoms with Crippen molar-refractivity contribution in [3.05, 3.63) is 18.2 Å². The molecule has 1 N–H and O–H groups in total. The summed E-state index contributed by atoms with van der Waals surface area (Å²) in [6.07, 6.45) is 6.24. The monoisotopic (exact) mass is 209 g/mol. The van der Waals surface area contributed by atoms with Crippen LogP contribution in [0.25, 0.3) is 0 Å². The van der Waals surface area contributed by atoms with Gasteiger partial charge < -0.3 is 9.88 Å². The van der Waals surface area contributed by atoms with Crippen LogP contribution in [0.1, 0.15) is 39.1 Å². The maximum Gasteiger partial charge on any atom is 0.108 e. The zero-order valence-electron chi connectivity index (χ0n) is 10.3. The predicted octanol–water partition coefficient (Wildman–Crippen LogP) is 2.25. The minimum atomic E-state index is 0.515. The summed E-state index contributed by atoms with van der Waals surface area (Å²) < 4.78 is 2.31. The van der Waals surface area contributed by atoms with Gasteiger partial charge >= 0.3 is 0 Å². The number of imidazole rings is 1. The molecule has 0 bridgehead atoms. The van der Waals surface area contributed by atoms with E-state index in [2.05, 4.69) is 41.8 Å². The summed E-state index contributed by atoms with van der Waals surface area (Å²) >= 11 is 0. The van der Waals surface area contributed by atoms with Crippen molar-refractivity contribution in [2.45, 2.75) is 39.7 Å². The predicted molar refractivity (Wildman–Crippen MR) is 64.0 cm³/mol. The molecule has 2 unspecified atom stereocenters. The van der Waals surface area contributed by atoms with Gasteiger partial charge in [0.15, 0.2) is 0 Å². The Kier molecular flexibility index (Phi) is 4.82. The third-order valence-corrected chi connectivity index (χ3v) is 3.01. The molecule has 0 aliphatic heterocycles. The minimum absolute atomic E-state index is 0.515. The highest BCUT2D eigenvalue weighted by Gasteiger charge is 2.15. The lowest BCUT2D eigenvalue weighted by atomic mass is 10.0. The number of aromatic nitrogens is 2. The molecule has 0 fully saturated rings. The Labute approximate surface area is 92.9 Å². The van der Waals surface area contributed by atoms with Gasteiger partial charge in [0.1, 0.15) is 5.82 Å². The van der Waals surface area contributed by atoms with Crippen molar-refractivity contribution in [2.75, 3.05) is 13.6 Å². The molecule has 1 aromatic heterocycles. The fraction of sp³-hybridized carbons (Fsp3) is 0.750. The first-order chi connectivity index (χ1) is 7.20. The summed E-state index contributed by atoms with van der Waals surface area (Å²) in [6, 6.07) is 0.515. The number of hydrogen-bond acceptors (Lipinski definition) is 2. The number of hydrogen-bond donors (Lipinski definition) is 1. The lowest BCUT2D eigenvalue weighted by Crippen LogP contribution is -2.25. The Morgan fingerprint density at radius 3 is 2.80 bits per heavy atom. The van der Waals surface area contributed by atoms with Gasteiger partial charge in [-0.25, -0.2) is 4.98 Å². The molecule has 86 valence electrons. The van der Waals surface area contributed by atoms with E-state index in [1.165, 1.54) is 5.82 Å². The largest absolute Gasteiger partial charge is 0.332 e. The first kappa shape index (κ1) is 12.2. The van der Waals surface area contributed by atoms with Crippen molar-refractivity contribution in [3.8, 4) is 0 Å². The fourth-order valence-electron chi connectivity index (χ4n) is 1.90. The summed E-state index contributed by atoms with van der Waals surface area (Å²) in [6.45, 7) is 7.78. The van der Waals surface area contributed by atoms with Crippen LogP contribution in [0.15, 0.2) is 12.4 Å². The molecule has 3 nitrogen and oxygen atoms in total. The van der Waals surface area contributed by atoms with Crippen molar-refractivity contribution in [1.29, 1.82) is 0 Å². The Bertz CT molecular complexity index is 280. The molecule has 0 saturated carbocycles. The third-order valence-electron chi connectivity index (χ3n) is 3.01. The molecule has 0 radical (unpaired) electrons.